The second-order valence-corrected chi connectivity index (χ2v) is 6.75. The van der Waals surface area contributed by atoms with Gasteiger partial charge in [-0.1, -0.05) is 66.7 Å². The zero-order valence-electron chi connectivity index (χ0n) is 13.2. The molecule has 3 unspecified atom stereocenters. The van der Waals surface area contributed by atoms with Gasteiger partial charge < -0.3 is 5.32 Å². The van der Waals surface area contributed by atoms with Crippen LogP contribution < -0.4 is 5.32 Å². The van der Waals surface area contributed by atoms with Crippen LogP contribution in [0.4, 0.5) is 10.1 Å². The quantitative estimate of drug-likeness (QED) is 0.559. The van der Waals surface area contributed by atoms with Gasteiger partial charge in [0, 0.05) is 5.92 Å². The molecule has 0 bridgehead atoms. The molecule has 0 aromatic heterocycles. The molecule has 5 rings (SSSR count). The Kier molecular flexibility index (Phi) is 2.99. The summed E-state index contributed by atoms with van der Waals surface area (Å²) in [6.45, 7) is 0. The van der Waals surface area contributed by atoms with Crippen molar-refractivity contribution >= 4 is 16.5 Å². The number of benzene rings is 3. The van der Waals surface area contributed by atoms with Gasteiger partial charge >= 0.3 is 0 Å². The number of fused-ring (bicyclic) bond motifs is 4. The van der Waals surface area contributed by atoms with E-state index in [1.807, 2.05) is 6.07 Å². The van der Waals surface area contributed by atoms with E-state index in [4.69, 9.17) is 0 Å². The molecule has 0 radical (unpaired) electrons. The van der Waals surface area contributed by atoms with E-state index in [-0.39, 0.29) is 11.9 Å². The second kappa shape index (κ2) is 5.20. The number of anilines is 1. The van der Waals surface area contributed by atoms with Crippen molar-refractivity contribution in [2.75, 3.05) is 5.32 Å². The largest absolute Gasteiger partial charge is 0.375 e. The van der Waals surface area contributed by atoms with Gasteiger partial charge in [-0.15, -0.1) is 0 Å². The average Bonchev–Trinajstić information content (AvgIpc) is 3.11. The number of hydrogen-bond acceptors (Lipinski definition) is 1. The minimum atomic E-state index is -0.156. The predicted molar refractivity (Wildman–Crippen MR) is 96.7 cm³/mol. The molecule has 0 fully saturated rings. The Balaban J connectivity index is 1.70. The highest BCUT2D eigenvalue weighted by Gasteiger charge is 2.39. The number of rotatable bonds is 1. The molecule has 1 heterocycles. The van der Waals surface area contributed by atoms with Crippen molar-refractivity contribution in [3.63, 3.8) is 0 Å². The third kappa shape index (κ3) is 1.92. The summed E-state index contributed by atoms with van der Waals surface area (Å²) >= 11 is 0. The number of allylic oxidation sites excluding steroid dienone is 2. The highest BCUT2D eigenvalue weighted by Crippen LogP contribution is 2.51. The maximum absolute atomic E-state index is 14.4. The smallest absolute Gasteiger partial charge is 0.146 e. The maximum atomic E-state index is 14.4. The lowest BCUT2D eigenvalue weighted by Crippen LogP contribution is -2.29. The molecular weight excluding hydrogens is 297 g/mol. The van der Waals surface area contributed by atoms with Gasteiger partial charge in [-0.25, -0.2) is 4.39 Å². The Hall–Kier alpha value is -2.61. The Bertz CT molecular complexity index is 954. The predicted octanol–water partition coefficient (Wildman–Crippen LogP) is 5.81. The summed E-state index contributed by atoms with van der Waals surface area (Å²) in [5.74, 6) is 0.572. The van der Waals surface area contributed by atoms with Crippen LogP contribution in [-0.4, -0.2) is 0 Å². The summed E-state index contributed by atoms with van der Waals surface area (Å²) in [7, 11) is 0. The van der Waals surface area contributed by atoms with E-state index in [9.17, 15) is 4.39 Å². The van der Waals surface area contributed by atoms with Crippen LogP contribution in [-0.2, 0) is 0 Å². The molecule has 0 saturated carbocycles. The van der Waals surface area contributed by atoms with E-state index in [1.165, 1.54) is 16.3 Å². The zero-order valence-corrected chi connectivity index (χ0v) is 13.2. The normalized spacial score (nSPS) is 24.5. The molecule has 0 saturated heterocycles. The summed E-state index contributed by atoms with van der Waals surface area (Å²) in [6, 6.07) is 20.4. The van der Waals surface area contributed by atoms with Crippen LogP contribution >= 0.6 is 0 Å². The summed E-state index contributed by atoms with van der Waals surface area (Å²) in [6.07, 6.45) is 5.53. The fourth-order valence-electron chi connectivity index (χ4n) is 4.41. The molecule has 0 amide bonds. The third-order valence-electron chi connectivity index (χ3n) is 5.50. The first kappa shape index (κ1) is 13.8. The molecule has 1 N–H and O–H groups in total. The van der Waals surface area contributed by atoms with Gasteiger partial charge in [0.1, 0.15) is 5.82 Å². The molecular formula is C22H18FN. The minimum absolute atomic E-state index is 0.125. The fraction of sp³-hybridized carbons (Fsp3) is 0.182. The summed E-state index contributed by atoms with van der Waals surface area (Å²) in [4.78, 5) is 0. The topological polar surface area (TPSA) is 12.0 Å². The van der Waals surface area contributed by atoms with Crippen molar-refractivity contribution in [1.29, 1.82) is 0 Å². The lowest BCUT2D eigenvalue weighted by atomic mass is 9.76. The van der Waals surface area contributed by atoms with Gasteiger partial charge in [-0.05, 0) is 40.3 Å². The lowest BCUT2D eigenvalue weighted by Gasteiger charge is -2.38. The molecule has 2 aliphatic rings. The Morgan fingerprint density at radius 1 is 0.875 bits per heavy atom. The monoisotopic (exact) mass is 315 g/mol. The number of halogens is 1. The first-order valence-corrected chi connectivity index (χ1v) is 8.52. The maximum Gasteiger partial charge on any atom is 0.146 e. The Morgan fingerprint density at radius 3 is 2.62 bits per heavy atom. The van der Waals surface area contributed by atoms with Crippen LogP contribution in [0.3, 0.4) is 0 Å². The molecule has 3 atom stereocenters. The highest BCUT2D eigenvalue weighted by atomic mass is 19.1. The molecule has 1 aliphatic carbocycles. The lowest BCUT2D eigenvalue weighted by molar-refractivity contribution is 0.422. The van der Waals surface area contributed by atoms with Crippen LogP contribution in [0.2, 0.25) is 0 Å². The Labute approximate surface area is 140 Å². The van der Waals surface area contributed by atoms with Crippen LogP contribution in [0.15, 0.2) is 72.8 Å². The van der Waals surface area contributed by atoms with E-state index in [0.29, 0.717) is 17.5 Å². The number of nitrogens with one attached hydrogen (secondary N) is 1. The summed E-state index contributed by atoms with van der Waals surface area (Å²) < 4.78 is 14.4. The molecule has 0 spiro atoms. The zero-order chi connectivity index (χ0) is 16.1. The van der Waals surface area contributed by atoms with Crippen LogP contribution in [0.1, 0.15) is 29.5 Å². The van der Waals surface area contributed by atoms with Crippen molar-refractivity contribution in [1.82, 2.24) is 0 Å². The van der Waals surface area contributed by atoms with Crippen LogP contribution in [0.5, 0.6) is 0 Å². The van der Waals surface area contributed by atoms with E-state index < -0.39 is 0 Å². The number of para-hydroxylation sites is 1. The van der Waals surface area contributed by atoms with E-state index in [0.717, 1.165) is 12.0 Å². The minimum Gasteiger partial charge on any atom is -0.375 e. The van der Waals surface area contributed by atoms with Crippen molar-refractivity contribution < 1.29 is 4.39 Å². The third-order valence-corrected chi connectivity index (χ3v) is 5.50. The van der Waals surface area contributed by atoms with E-state index in [1.54, 1.807) is 6.07 Å². The van der Waals surface area contributed by atoms with Crippen molar-refractivity contribution in [2.45, 2.75) is 18.4 Å². The first-order valence-electron chi connectivity index (χ1n) is 8.52. The van der Waals surface area contributed by atoms with Gasteiger partial charge in [0.25, 0.3) is 0 Å². The molecule has 3 aromatic carbocycles. The van der Waals surface area contributed by atoms with E-state index in [2.05, 4.69) is 66.0 Å². The van der Waals surface area contributed by atoms with Crippen LogP contribution in [0, 0.1) is 11.7 Å². The summed E-state index contributed by atoms with van der Waals surface area (Å²) in [5, 5.41) is 6.02. The molecule has 24 heavy (non-hydrogen) atoms. The molecule has 3 aromatic rings. The van der Waals surface area contributed by atoms with Gasteiger partial charge in [-0.2, -0.15) is 0 Å². The van der Waals surface area contributed by atoms with Crippen molar-refractivity contribution in [3.05, 3.63) is 89.8 Å². The number of hydrogen-bond donors (Lipinski definition) is 1. The van der Waals surface area contributed by atoms with Gasteiger partial charge in [-0.3, -0.25) is 0 Å². The van der Waals surface area contributed by atoms with Gasteiger partial charge in [0.2, 0.25) is 0 Å². The standard InChI is InChI=1S/C22H18FN/c23-20-13-5-12-19-16-9-4-11-18(16)21(24-22(19)20)17-10-3-7-14-6-1-2-8-15(14)17/h1-10,12-13,16,18,21,24H,11H2. The highest BCUT2D eigenvalue weighted by molar-refractivity contribution is 5.86. The molecule has 118 valence electrons. The Morgan fingerprint density at radius 2 is 1.67 bits per heavy atom. The SMILES string of the molecule is Fc1cccc2c1NC(c1cccc3ccccc13)C1CC=CC21. The van der Waals surface area contributed by atoms with E-state index >= 15 is 0 Å². The molecule has 1 nitrogen and oxygen atoms in total. The summed E-state index contributed by atoms with van der Waals surface area (Å²) in [5.41, 5.74) is 3.02. The second-order valence-electron chi connectivity index (χ2n) is 6.75. The van der Waals surface area contributed by atoms with Crippen molar-refractivity contribution in [3.8, 4) is 0 Å². The molecule has 2 heteroatoms. The average molecular weight is 315 g/mol. The molecule has 1 aliphatic heterocycles. The van der Waals surface area contributed by atoms with Gasteiger partial charge in [0.15, 0.2) is 0 Å². The van der Waals surface area contributed by atoms with Crippen molar-refractivity contribution in [2.24, 2.45) is 5.92 Å². The van der Waals surface area contributed by atoms with Gasteiger partial charge in [0.05, 0.1) is 11.7 Å². The van der Waals surface area contributed by atoms with Crippen LogP contribution in [0.25, 0.3) is 10.8 Å². The fourth-order valence-corrected chi connectivity index (χ4v) is 4.41. The first-order chi connectivity index (χ1) is 11.8.